The lowest BCUT2D eigenvalue weighted by atomic mass is 9.63. The Kier molecular flexibility index (Phi) is 7.98. The monoisotopic (exact) mass is 427 g/mol. The molecule has 1 aliphatic rings. The van der Waals surface area contributed by atoms with Gasteiger partial charge in [-0.25, -0.2) is 0 Å². The first-order valence-corrected chi connectivity index (χ1v) is 11.1. The van der Waals surface area contributed by atoms with Crippen LogP contribution in [0.3, 0.4) is 0 Å². The minimum Gasteiger partial charge on any atom is -0.493 e. The minimum atomic E-state index is -0.191. The molecule has 2 unspecified atom stereocenters. The number of benzene rings is 2. The molecule has 1 fully saturated rings. The number of aliphatic hydroxyl groups is 1. The molecule has 0 saturated carbocycles. The van der Waals surface area contributed by atoms with Gasteiger partial charge in [0.1, 0.15) is 0 Å². The first-order valence-electron chi connectivity index (χ1n) is 11.1. The third kappa shape index (κ3) is 6.00. The summed E-state index contributed by atoms with van der Waals surface area (Å²) in [5.41, 5.74) is 2.24. The van der Waals surface area contributed by atoms with Gasteiger partial charge in [0.25, 0.3) is 0 Å². The van der Waals surface area contributed by atoms with Crippen LogP contribution >= 0.6 is 0 Å². The Morgan fingerprint density at radius 2 is 1.77 bits per heavy atom. The lowest BCUT2D eigenvalue weighted by molar-refractivity contribution is -0.127. The van der Waals surface area contributed by atoms with E-state index >= 15 is 0 Å². The van der Waals surface area contributed by atoms with Crippen molar-refractivity contribution in [2.45, 2.75) is 45.3 Å². The second-order valence-electron chi connectivity index (χ2n) is 9.26. The Labute approximate surface area is 186 Å². The summed E-state index contributed by atoms with van der Waals surface area (Å²) in [4.78, 5) is 0. The lowest BCUT2D eigenvalue weighted by Gasteiger charge is -2.49. The van der Waals surface area contributed by atoms with Crippen molar-refractivity contribution in [1.82, 2.24) is 5.32 Å². The topological polar surface area (TPSA) is 60.0 Å². The van der Waals surface area contributed by atoms with E-state index in [4.69, 9.17) is 14.2 Å². The van der Waals surface area contributed by atoms with Crippen molar-refractivity contribution >= 4 is 0 Å². The lowest BCUT2D eigenvalue weighted by Crippen LogP contribution is -2.50. The maximum absolute atomic E-state index is 10.4. The van der Waals surface area contributed by atoms with Crippen LogP contribution in [-0.2, 0) is 17.7 Å². The molecule has 1 saturated heterocycles. The number of aliphatic hydroxyl groups excluding tert-OH is 1. The SMILES string of the molecule is COc1ccc(CNCC(CO)C2(Cc3ccccc3)CCOC(C)(C)C2)cc1OC. The van der Waals surface area contributed by atoms with Gasteiger partial charge in [-0.15, -0.1) is 0 Å². The molecule has 1 heterocycles. The quantitative estimate of drug-likeness (QED) is 0.595. The Hall–Kier alpha value is -2.08. The van der Waals surface area contributed by atoms with Gasteiger partial charge in [0.2, 0.25) is 0 Å². The maximum atomic E-state index is 10.4. The summed E-state index contributed by atoms with van der Waals surface area (Å²) in [5.74, 6) is 1.59. The standard InChI is InChI=1S/C26H37NO4/c1-25(2)19-26(12-13-31-25,15-20-8-6-5-7-9-20)22(18-28)17-27-16-21-10-11-23(29-3)24(14-21)30-4/h5-11,14,22,27-28H,12-13,15-19H2,1-4H3. The highest BCUT2D eigenvalue weighted by Crippen LogP contribution is 2.46. The van der Waals surface area contributed by atoms with Crippen LogP contribution in [0, 0.1) is 11.3 Å². The average Bonchev–Trinajstić information content (AvgIpc) is 2.76. The minimum absolute atomic E-state index is 0.0115. The van der Waals surface area contributed by atoms with Crippen molar-refractivity contribution in [2.75, 3.05) is 34.0 Å². The zero-order valence-corrected chi connectivity index (χ0v) is 19.3. The van der Waals surface area contributed by atoms with Crippen LogP contribution in [0.4, 0.5) is 0 Å². The molecular weight excluding hydrogens is 390 g/mol. The number of nitrogens with one attached hydrogen (secondary N) is 1. The first-order chi connectivity index (χ1) is 14.9. The van der Waals surface area contributed by atoms with Gasteiger partial charge in [-0.2, -0.15) is 0 Å². The molecule has 2 atom stereocenters. The number of hydrogen-bond acceptors (Lipinski definition) is 5. The van der Waals surface area contributed by atoms with Crippen LogP contribution in [0.5, 0.6) is 11.5 Å². The van der Waals surface area contributed by atoms with Gasteiger partial charge in [0.15, 0.2) is 11.5 Å². The molecule has 3 rings (SSSR count). The Morgan fingerprint density at radius 3 is 2.42 bits per heavy atom. The molecule has 0 aromatic heterocycles. The fraction of sp³-hybridized carbons (Fsp3) is 0.538. The second kappa shape index (κ2) is 10.5. The molecule has 0 radical (unpaired) electrons. The van der Waals surface area contributed by atoms with E-state index in [0.29, 0.717) is 6.54 Å². The van der Waals surface area contributed by atoms with Crippen molar-refractivity contribution < 1.29 is 19.3 Å². The van der Waals surface area contributed by atoms with Crippen LogP contribution in [0.25, 0.3) is 0 Å². The number of ether oxygens (including phenoxy) is 3. The highest BCUT2D eigenvalue weighted by Gasteiger charge is 2.45. The Bertz CT molecular complexity index is 823. The third-order valence-corrected chi connectivity index (χ3v) is 6.52. The summed E-state index contributed by atoms with van der Waals surface area (Å²) in [6.45, 7) is 6.66. The highest BCUT2D eigenvalue weighted by atomic mass is 16.5. The largest absolute Gasteiger partial charge is 0.493 e. The van der Waals surface area contributed by atoms with E-state index in [1.165, 1.54) is 5.56 Å². The van der Waals surface area contributed by atoms with E-state index in [0.717, 1.165) is 49.5 Å². The van der Waals surface area contributed by atoms with Crippen LogP contribution < -0.4 is 14.8 Å². The maximum Gasteiger partial charge on any atom is 0.161 e. The molecule has 1 aliphatic heterocycles. The predicted molar refractivity (Wildman–Crippen MR) is 124 cm³/mol. The molecule has 0 bridgehead atoms. The Balaban J connectivity index is 1.73. The van der Waals surface area contributed by atoms with Gasteiger partial charge in [0, 0.05) is 32.2 Å². The smallest absolute Gasteiger partial charge is 0.161 e. The van der Waals surface area contributed by atoms with Crippen LogP contribution in [0.2, 0.25) is 0 Å². The van der Waals surface area contributed by atoms with Gasteiger partial charge in [-0.3, -0.25) is 0 Å². The predicted octanol–water partition coefficient (Wildman–Crippen LogP) is 4.22. The highest BCUT2D eigenvalue weighted by molar-refractivity contribution is 5.42. The second-order valence-corrected chi connectivity index (χ2v) is 9.26. The summed E-state index contributed by atoms with van der Waals surface area (Å²) in [6, 6.07) is 16.6. The van der Waals surface area contributed by atoms with Crippen molar-refractivity contribution in [2.24, 2.45) is 11.3 Å². The van der Waals surface area contributed by atoms with E-state index in [2.05, 4.69) is 49.5 Å². The summed E-state index contributed by atoms with van der Waals surface area (Å²) >= 11 is 0. The molecule has 0 spiro atoms. The molecule has 31 heavy (non-hydrogen) atoms. The molecule has 5 heteroatoms. The third-order valence-electron chi connectivity index (χ3n) is 6.52. The fourth-order valence-corrected chi connectivity index (χ4v) is 5.02. The summed E-state index contributed by atoms with van der Waals surface area (Å²) in [7, 11) is 3.29. The van der Waals surface area contributed by atoms with E-state index in [1.54, 1.807) is 14.2 Å². The van der Waals surface area contributed by atoms with Crippen LogP contribution in [0.1, 0.15) is 37.8 Å². The van der Waals surface area contributed by atoms with Gasteiger partial charge >= 0.3 is 0 Å². The van der Waals surface area contributed by atoms with Gasteiger partial charge in [0.05, 0.1) is 19.8 Å². The number of methoxy groups -OCH3 is 2. The molecule has 2 aromatic rings. The fourth-order valence-electron chi connectivity index (χ4n) is 5.02. The number of rotatable bonds is 10. The van der Waals surface area contributed by atoms with Gasteiger partial charge in [-0.05, 0) is 61.8 Å². The average molecular weight is 428 g/mol. The molecule has 2 N–H and O–H groups in total. The Morgan fingerprint density at radius 1 is 1.03 bits per heavy atom. The number of hydrogen-bond donors (Lipinski definition) is 2. The summed E-state index contributed by atoms with van der Waals surface area (Å²) in [5, 5.41) is 14.0. The van der Waals surface area contributed by atoms with Crippen LogP contribution in [-0.4, -0.2) is 44.7 Å². The molecule has 5 nitrogen and oxygen atoms in total. The summed E-state index contributed by atoms with van der Waals surface area (Å²) in [6.07, 6.45) is 2.83. The van der Waals surface area contributed by atoms with Crippen molar-refractivity contribution in [3.63, 3.8) is 0 Å². The normalized spacial score (nSPS) is 21.5. The zero-order valence-electron chi connectivity index (χ0n) is 19.3. The van der Waals surface area contributed by atoms with Gasteiger partial charge in [-0.1, -0.05) is 36.4 Å². The van der Waals surface area contributed by atoms with E-state index in [9.17, 15) is 5.11 Å². The van der Waals surface area contributed by atoms with Crippen molar-refractivity contribution in [3.8, 4) is 11.5 Å². The van der Waals surface area contributed by atoms with Crippen molar-refractivity contribution in [3.05, 3.63) is 59.7 Å². The van der Waals surface area contributed by atoms with E-state index in [1.807, 2.05) is 18.2 Å². The zero-order chi connectivity index (χ0) is 22.3. The molecular formula is C26H37NO4. The van der Waals surface area contributed by atoms with Crippen LogP contribution in [0.15, 0.2) is 48.5 Å². The molecule has 0 amide bonds. The molecule has 0 aliphatic carbocycles. The van der Waals surface area contributed by atoms with Crippen molar-refractivity contribution in [1.29, 1.82) is 0 Å². The van der Waals surface area contributed by atoms with E-state index < -0.39 is 0 Å². The molecule has 170 valence electrons. The van der Waals surface area contributed by atoms with Gasteiger partial charge < -0.3 is 24.6 Å². The first kappa shape index (κ1) is 23.6. The van der Waals surface area contributed by atoms with E-state index in [-0.39, 0.29) is 23.5 Å². The summed E-state index contributed by atoms with van der Waals surface area (Å²) < 4.78 is 16.8. The molecule has 2 aromatic carbocycles.